The number of guanidine groups is 1. The van der Waals surface area contributed by atoms with Gasteiger partial charge in [-0.2, -0.15) is 0 Å². The summed E-state index contributed by atoms with van der Waals surface area (Å²) in [6.45, 7) is 7.92. The number of nitrogens with two attached hydrogens (primary N) is 2. The highest BCUT2D eigenvalue weighted by atomic mass is 16.6. The van der Waals surface area contributed by atoms with Crippen LogP contribution >= 0.6 is 0 Å². The Bertz CT molecular complexity index is 1210. The van der Waals surface area contributed by atoms with Gasteiger partial charge in [-0.25, -0.2) is 9.59 Å². The van der Waals surface area contributed by atoms with Crippen LogP contribution in [0.3, 0.4) is 0 Å². The number of aliphatic imine (C=N–C) groups is 1. The summed E-state index contributed by atoms with van der Waals surface area (Å²) >= 11 is 0. The topological polar surface area (TPSA) is 256 Å². The fourth-order valence-corrected chi connectivity index (χ4v) is 4.02. The minimum Gasteiger partial charge on any atom is -0.480 e. The van der Waals surface area contributed by atoms with Gasteiger partial charge >= 0.3 is 12.1 Å². The number of nitrogens with one attached hydrogen (secondary N) is 5. The second kappa shape index (κ2) is 19.5. The van der Waals surface area contributed by atoms with E-state index in [1.54, 1.807) is 51.1 Å². The van der Waals surface area contributed by atoms with E-state index in [4.69, 9.17) is 16.2 Å². The van der Waals surface area contributed by atoms with Gasteiger partial charge in [0.25, 0.3) is 0 Å². The van der Waals surface area contributed by atoms with Crippen molar-refractivity contribution in [3.05, 3.63) is 35.9 Å². The van der Waals surface area contributed by atoms with E-state index in [-0.39, 0.29) is 44.1 Å². The van der Waals surface area contributed by atoms with Gasteiger partial charge in [0.1, 0.15) is 30.3 Å². The van der Waals surface area contributed by atoms with Crippen molar-refractivity contribution in [2.45, 2.75) is 84.0 Å². The Labute approximate surface area is 268 Å². The van der Waals surface area contributed by atoms with E-state index in [0.717, 1.165) is 0 Å². The molecule has 46 heavy (non-hydrogen) atoms. The lowest BCUT2D eigenvalue weighted by Gasteiger charge is -2.25. The molecular formula is C30H48N8O8. The van der Waals surface area contributed by atoms with Gasteiger partial charge in [-0.3, -0.25) is 24.2 Å². The number of carboxylic acids is 1. The third-order valence-corrected chi connectivity index (χ3v) is 6.07. The zero-order valence-electron chi connectivity index (χ0n) is 27.1. The van der Waals surface area contributed by atoms with Crippen molar-refractivity contribution in [1.29, 1.82) is 0 Å². The standard InChI is InChI=1S/C30H48N8O8/c1-18(2)14-21(25(41)37-20(27(43)44)12-9-13-33-28(31)32)38-26(42)22(15-19-10-7-6-8-11-19)36-24(40)17-34-23(39)16-35-29(45)46-30(3,4)5/h6-8,10-11,18,20-22H,9,12-17H2,1-5H3,(H,34,39)(H,35,45)(H,36,40)(H,37,41)(H,38,42)(H,43,44)(H4,31,32,33)/t20-,21-,22+/m0/s1. The van der Waals surface area contributed by atoms with E-state index in [1.165, 1.54) is 0 Å². The molecule has 0 saturated heterocycles. The molecule has 256 valence electrons. The molecule has 3 atom stereocenters. The van der Waals surface area contributed by atoms with Gasteiger partial charge in [0, 0.05) is 13.0 Å². The summed E-state index contributed by atoms with van der Waals surface area (Å²) in [6.07, 6.45) is -0.219. The third-order valence-electron chi connectivity index (χ3n) is 6.07. The molecule has 5 amide bonds. The van der Waals surface area contributed by atoms with Crippen LogP contribution in [-0.2, 0) is 35.1 Å². The predicted molar refractivity (Wildman–Crippen MR) is 170 cm³/mol. The molecule has 0 unspecified atom stereocenters. The molecule has 0 radical (unpaired) electrons. The summed E-state index contributed by atoms with van der Waals surface area (Å²) in [5.74, 6) is -4.20. The number of carboxylic acid groups (broad SMARTS) is 1. The number of ether oxygens (including phenoxy) is 1. The Morgan fingerprint density at radius 3 is 2.00 bits per heavy atom. The number of carbonyl (C=O) groups excluding carboxylic acids is 5. The number of benzene rings is 1. The molecule has 0 bridgehead atoms. The first-order valence-electron chi connectivity index (χ1n) is 14.9. The van der Waals surface area contributed by atoms with Gasteiger partial charge in [-0.1, -0.05) is 44.2 Å². The van der Waals surface area contributed by atoms with Gasteiger partial charge in [0.2, 0.25) is 23.6 Å². The highest BCUT2D eigenvalue weighted by Crippen LogP contribution is 2.10. The fourth-order valence-electron chi connectivity index (χ4n) is 4.02. The summed E-state index contributed by atoms with van der Waals surface area (Å²) in [5.41, 5.74) is 10.5. The molecule has 16 heteroatoms. The Hall–Kier alpha value is -4.89. The van der Waals surface area contributed by atoms with Gasteiger partial charge in [-0.15, -0.1) is 0 Å². The molecule has 10 N–H and O–H groups in total. The molecule has 0 fully saturated rings. The number of amides is 5. The van der Waals surface area contributed by atoms with Crippen LogP contribution in [0.4, 0.5) is 4.79 Å². The maximum atomic E-state index is 13.5. The van der Waals surface area contributed by atoms with Gasteiger partial charge < -0.3 is 47.9 Å². The molecular weight excluding hydrogens is 600 g/mol. The first-order valence-corrected chi connectivity index (χ1v) is 14.9. The lowest BCUT2D eigenvalue weighted by molar-refractivity contribution is -0.142. The number of hydrogen-bond donors (Lipinski definition) is 8. The molecule has 0 aliphatic rings. The van der Waals surface area contributed by atoms with Crippen molar-refractivity contribution in [3.8, 4) is 0 Å². The van der Waals surface area contributed by atoms with E-state index in [9.17, 15) is 33.9 Å². The van der Waals surface area contributed by atoms with Crippen LogP contribution in [0.25, 0.3) is 0 Å². The zero-order chi connectivity index (χ0) is 34.9. The van der Waals surface area contributed by atoms with Crippen molar-refractivity contribution in [2.24, 2.45) is 22.4 Å². The van der Waals surface area contributed by atoms with Crippen molar-refractivity contribution in [1.82, 2.24) is 26.6 Å². The Morgan fingerprint density at radius 2 is 1.43 bits per heavy atom. The maximum absolute atomic E-state index is 13.5. The van der Waals surface area contributed by atoms with Crippen molar-refractivity contribution in [3.63, 3.8) is 0 Å². The molecule has 0 aromatic heterocycles. The maximum Gasteiger partial charge on any atom is 0.408 e. The van der Waals surface area contributed by atoms with Crippen LogP contribution in [0.15, 0.2) is 35.3 Å². The first-order chi connectivity index (χ1) is 21.5. The first kappa shape index (κ1) is 39.1. The normalized spacial score (nSPS) is 12.9. The minimum atomic E-state index is -1.26. The van der Waals surface area contributed by atoms with Gasteiger partial charge in [-0.05, 0) is 51.5 Å². The Kier molecular flexibility index (Phi) is 16.6. The second-order valence-corrected chi connectivity index (χ2v) is 12.0. The Morgan fingerprint density at radius 1 is 0.848 bits per heavy atom. The van der Waals surface area contributed by atoms with Crippen molar-refractivity contribution >= 4 is 41.7 Å². The summed E-state index contributed by atoms with van der Waals surface area (Å²) in [6, 6.07) is 5.32. The SMILES string of the molecule is CC(C)C[C@H](NC(=O)[C@@H](Cc1ccccc1)NC(=O)CNC(=O)CNC(=O)OC(C)(C)C)C(=O)N[C@@H](CCCN=C(N)N)C(=O)O. The molecule has 1 rings (SSSR count). The van der Waals surface area contributed by atoms with Crippen LogP contribution in [0.1, 0.15) is 59.4 Å². The second-order valence-electron chi connectivity index (χ2n) is 12.0. The van der Waals surface area contributed by atoms with E-state index in [2.05, 4.69) is 31.6 Å². The predicted octanol–water partition coefficient (Wildman–Crippen LogP) is -0.491. The smallest absolute Gasteiger partial charge is 0.408 e. The summed E-state index contributed by atoms with van der Waals surface area (Å²) in [7, 11) is 0. The summed E-state index contributed by atoms with van der Waals surface area (Å²) < 4.78 is 5.06. The van der Waals surface area contributed by atoms with Crippen molar-refractivity contribution in [2.75, 3.05) is 19.6 Å². The van der Waals surface area contributed by atoms with E-state index in [0.29, 0.717) is 5.56 Å². The number of alkyl carbamates (subject to hydrolysis) is 1. The fraction of sp³-hybridized carbons (Fsp3) is 0.567. The molecule has 0 heterocycles. The highest BCUT2D eigenvalue weighted by molar-refractivity contribution is 5.94. The summed E-state index contributed by atoms with van der Waals surface area (Å²) in [4.78, 5) is 79.0. The number of carbonyl (C=O) groups is 6. The molecule has 0 aliphatic heterocycles. The monoisotopic (exact) mass is 648 g/mol. The molecule has 0 saturated carbocycles. The lowest BCUT2D eigenvalue weighted by atomic mass is 10.0. The highest BCUT2D eigenvalue weighted by Gasteiger charge is 2.30. The molecule has 0 spiro atoms. The number of nitrogens with zero attached hydrogens (tertiary/aromatic N) is 1. The summed E-state index contributed by atoms with van der Waals surface area (Å²) in [5, 5.41) is 22.0. The average molecular weight is 649 g/mol. The molecule has 1 aromatic rings. The number of rotatable bonds is 18. The molecule has 0 aliphatic carbocycles. The lowest BCUT2D eigenvalue weighted by Crippen LogP contribution is -2.57. The van der Waals surface area contributed by atoms with E-state index < -0.39 is 72.5 Å². The average Bonchev–Trinajstić information content (AvgIpc) is 2.94. The quantitative estimate of drug-likeness (QED) is 0.0575. The van der Waals surface area contributed by atoms with Gasteiger partial charge in [0.15, 0.2) is 5.96 Å². The van der Waals surface area contributed by atoms with Crippen LogP contribution in [0.2, 0.25) is 0 Å². The van der Waals surface area contributed by atoms with Crippen molar-refractivity contribution < 1.29 is 38.6 Å². The minimum absolute atomic E-state index is 0.0475. The van der Waals surface area contributed by atoms with Crippen LogP contribution in [-0.4, -0.2) is 90.1 Å². The Balaban J connectivity index is 2.95. The number of hydrogen-bond acceptors (Lipinski definition) is 8. The van der Waals surface area contributed by atoms with Crippen LogP contribution < -0.4 is 38.1 Å². The van der Waals surface area contributed by atoms with Crippen LogP contribution in [0, 0.1) is 5.92 Å². The van der Waals surface area contributed by atoms with Gasteiger partial charge in [0.05, 0.1) is 6.54 Å². The van der Waals surface area contributed by atoms with Crippen LogP contribution in [0.5, 0.6) is 0 Å². The number of aliphatic carboxylic acids is 1. The molecule has 16 nitrogen and oxygen atoms in total. The zero-order valence-corrected chi connectivity index (χ0v) is 27.1. The third kappa shape index (κ3) is 17.4. The molecule has 1 aromatic carbocycles. The van der Waals surface area contributed by atoms with E-state index in [1.807, 2.05) is 13.8 Å². The van der Waals surface area contributed by atoms with E-state index >= 15 is 0 Å². The largest absolute Gasteiger partial charge is 0.480 e.